The molecule has 0 unspecified atom stereocenters. The molecule has 0 fully saturated rings. The van der Waals surface area contributed by atoms with Gasteiger partial charge in [-0.05, 0) is 37.9 Å². The molecule has 0 spiro atoms. The molecule has 0 aliphatic heterocycles. The van der Waals surface area contributed by atoms with Crippen LogP contribution in [0, 0.1) is 0 Å². The van der Waals surface area contributed by atoms with Crippen molar-refractivity contribution in [2.45, 2.75) is 6.04 Å². The van der Waals surface area contributed by atoms with E-state index in [9.17, 15) is 4.79 Å². The maximum atomic E-state index is 10.4. The summed E-state index contributed by atoms with van der Waals surface area (Å²) in [6.45, 7) is 0. The van der Waals surface area contributed by atoms with Gasteiger partial charge in [0.2, 0.25) is 0 Å². The van der Waals surface area contributed by atoms with E-state index in [1.807, 2.05) is 0 Å². The molecule has 1 atom stereocenters. The van der Waals surface area contributed by atoms with E-state index in [-0.39, 0.29) is 0 Å². The molecule has 1 rings (SSSR count). The Morgan fingerprint density at radius 2 is 2.25 bits per heavy atom. The van der Waals surface area contributed by atoms with Gasteiger partial charge in [0.1, 0.15) is 6.04 Å². The minimum absolute atomic E-state index is 0.459. The standard InChI is InChI=1S/C6H6Br2N2O2/c7-2-1-3(10-5(2)8)4(9)6(11)12/h1,4,10H,9H2,(H,11,12)/t4-/m1/s1. The van der Waals surface area contributed by atoms with Crippen molar-refractivity contribution in [2.24, 2.45) is 5.73 Å². The molecule has 0 bridgehead atoms. The van der Waals surface area contributed by atoms with Crippen LogP contribution in [0.4, 0.5) is 0 Å². The number of nitrogens with one attached hydrogen (secondary N) is 1. The van der Waals surface area contributed by atoms with E-state index in [4.69, 9.17) is 10.8 Å². The van der Waals surface area contributed by atoms with Crippen LogP contribution >= 0.6 is 31.9 Å². The molecule has 66 valence electrons. The van der Waals surface area contributed by atoms with Crippen molar-refractivity contribution in [3.8, 4) is 0 Å². The molecule has 1 aromatic rings. The van der Waals surface area contributed by atoms with Crippen LogP contribution < -0.4 is 5.73 Å². The number of hydrogen-bond acceptors (Lipinski definition) is 2. The van der Waals surface area contributed by atoms with Crippen molar-refractivity contribution in [2.75, 3.05) is 0 Å². The summed E-state index contributed by atoms with van der Waals surface area (Å²) in [6.07, 6.45) is 0. The first-order valence-electron chi connectivity index (χ1n) is 3.04. The van der Waals surface area contributed by atoms with Gasteiger partial charge in [-0.15, -0.1) is 0 Å². The molecular formula is C6H6Br2N2O2. The molecule has 0 aliphatic rings. The highest BCUT2D eigenvalue weighted by molar-refractivity contribution is 9.13. The molecule has 4 nitrogen and oxygen atoms in total. The Hall–Kier alpha value is -0.330. The first kappa shape index (κ1) is 9.76. The normalized spacial score (nSPS) is 12.9. The van der Waals surface area contributed by atoms with Gasteiger partial charge >= 0.3 is 5.97 Å². The summed E-state index contributed by atoms with van der Waals surface area (Å²) in [7, 11) is 0. The highest BCUT2D eigenvalue weighted by Crippen LogP contribution is 2.25. The predicted octanol–water partition coefficient (Wildman–Crippen LogP) is 1.62. The van der Waals surface area contributed by atoms with Crippen molar-refractivity contribution >= 4 is 37.8 Å². The average Bonchev–Trinajstić information content (AvgIpc) is 2.30. The summed E-state index contributed by atoms with van der Waals surface area (Å²) in [4.78, 5) is 13.2. The zero-order valence-corrected chi connectivity index (χ0v) is 9.02. The SMILES string of the molecule is N[C@@H](C(=O)O)c1cc(Br)c(Br)[nH]1. The third kappa shape index (κ3) is 1.88. The van der Waals surface area contributed by atoms with Crippen LogP contribution in [-0.2, 0) is 4.79 Å². The highest BCUT2D eigenvalue weighted by atomic mass is 79.9. The number of halogens is 2. The third-order valence-electron chi connectivity index (χ3n) is 1.35. The number of H-pyrrole nitrogens is 1. The van der Waals surface area contributed by atoms with Gasteiger partial charge in [-0.1, -0.05) is 0 Å². The maximum absolute atomic E-state index is 10.4. The van der Waals surface area contributed by atoms with Crippen LogP contribution in [0.3, 0.4) is 0 Å². The topological polar surface area (TPSA) is 79.1 Å². The van der Waals surface area contributed by atoms with Gasteiger partial charge in [0.05, 0.1) is 9.08 Å². The molecule has 6 heteroatoms. The monoisotopic (exact) mass is 296 g/mol. The molecular weight excluding hydrogens is 292 g/mol. The van der Waals surface area contributed by atoms with Crippen molar-refractivity contribution in [1.29, 1.82) is 0 Å². The molecule has 12 heavy (non-hydrogen) atoms. The first-order valence-corrected chi connectivity index (χ1v) is 4.63. The van der Waals surface area contributed by atoms with E-state index >= 15 is 0 Å². The summed E-state index contributed by atoms with van der Waals surface area (Å²) in [5.41, 5.74) is 5.81. The molecule has 0 aliphatic carbocycles. The Balaban J connectivity index is 2.96. The fourth-order valence-corrected chi connectivity index (χ4v) is 1.41. The molecule has 1 heterocycles. The van der Waals surface area contributed by atoms with Crippen LogP contribution in [0.1, 0.15) is 11.7 Å². The van der Waals surface area contributed by atoms with Crippen molar-refractivity contribution in [3.05, 3.63) is 20.8 Å². The lowest BCUT2D eigenvalue weighted by Gasteiger charge is -2.01. The van der Waals surface area contributed by atoms with E-state index in [1.54, 1.807) is 6.07 Å². The Labute approximate surface area is 85.4 Å². The summed E-state index contributed by atoms with van der Waals surface area (Å²) < 4.78 is 1.45. The Bertz CT molecular complexity index is 291. The van der Waals surface area contributed by atoms with Gasteiger partial charge in [-0.25, -0.2) is 0 Å². The highest BCUT2D eigenvalue weighted by Gasteiger charge is 2.17. The van der Waals surface area contributed by atoms with Crippen LogP contribution in [0.25, 0.3) is 0 Å². The van der Waals surface area contributed by atoms with Gasteiger partial charge in [-0.2, -0.15) is 0 Å². The number of carboxylic acid groups (broad SMARTS) is 1. The molecule has 4 N–H and O–H groups in total. The van der Waals surface area contributed by atoms with E-state index in [0.29, 0.717) is 10.3 Å². The lowest BCUT2D eigenvalue weighted by atomic mass is 10.2. The second-order valence-electron chi connectivity index (χ2n) is 2.20. The van der Waals surface area contributed by atoms with Gasteiger partial charge < -0.3 is 15.8 Å². The van der Waals surface area contributed by atoms with E-state index in [0.717, 1.165) is 4.47 Å². The van der Waals surface area contributed by atoms with E-state index in [2.05, 4.69) is 36.8 Å². The number of aliphatic carboxylic acids is 1. The van der Waals surface area contributed by atoms with Crippen LogP contribution in [0.15, 0.2) is 15.1 Å². The molecule has 1 aromatic heterocycles. The van der Waals surface area contributed by atoms with Crippen LogP contribution in [-0.4, -0.2) is 16.1 Å². The number of carbonyl (C=O) groups is 1. The quantitative estimate of drug-likeness (QED) is 0.776. The second-order valence-corrected chi connectivity index (χ2v) is 3.85. The molecule has 0 saturated heterocycles. The lowest BCUT2D eigenvalue weighted by Crippen LogP contribution is -2.20. The smallest absolute Gasteiger partial charge is 0.326 e. The number of carboxylic acids is 1. The van der Waals surface area contributed by atoms with Gasteiger partial charge in [0.25, 0.3) is 0 Å². The zero-order valence-electron chi connectivity index (χ0n) is 5.84. The maximum Gasteiger partial charge on any atom is 0.326 e. The van der Waals surface area contributed by atoms with Crippen molar-refractivity contribution < 1.29 is 9.90 Å². The Morgan fingerprint density at radius 1 is 1.67 bits per heavy atom. The molecule has 0 saturated carbocycles. The second kappa shape index (κ2) is 3.59. The minimum Gasteiger partial charge on any atom is -0.480 e. The molecule has 0 aromatic carbocycles. The lowest BCUT2D eigenvalue weighted by molar-refractivity contribution is -0.138. The number of hydrogen-bond donors (Lipinski definition) is 3. The summed E-state index contributed by atoms with van der Waals surface area (Å²) in [5, 5.41) is 8.56. The van der Waals surface area contributed by atoms with Crippen molar-refractivity contribution in [3.63, 3.8) is 0 Å². The van der Waals surface area contributed by atoms with Gasteiger partial charge in [0.15, 0.2) is 0 Å². The average molecular weight is 298 g/mol. The number of nitrogens with two attached hydrogens (primary N) is 1. The van der Waals surface area contributed by atoms with E-state index in [1.165, 1.54) is 0 Å². The molecule has 0 radical (unpaired) electrons. The Kier molecular flexibility index (Phi) is 2.92. The number of aromatic amines is 1. The van der Waals surface area contributed by atoms with Gasteiger partial charge in [0, 0.05) is 5.69 Å². The number of rotatable bonds is 2. The van der Waals surface area contributed by atoms with E-state index < -0.39 is 12.0 Å². The third-order valence-corrected chi connectivity index (χ3v) is 3.13. The fourth-order valence-electron chi connectivity index (χ4n) is 0.723. The summed E-state index contributed by atoms with van der Waals surface area (Å²) in [5.74, 6) is -1.06. The fraction of sp³-hybridized carbons (Fsp3) is 0.167. The van der Waals surface area contributed by atoms with Crippen LogP contribution in [0.5, 0.6) is 0 Å². The zero-order chi connectivity index (χ0) is 9.30. The predicted molar refractivity (Wildman–Crippen MR) is 50.8 cm³/mol. The van der Waals surface area contributed by atoms with Gasteiger partial charge in [-0.3, -0.25) is 4.79 Å². The largest absolute Gasteiger partial charge is 0.480 e. The first-order chi connectivity index (χ1) is 5.52. The minimum atomic E-state index is -1.06. The summed E-state index contributed by atoms with van der Waals surface area (Å²) in [6, 6.07) is 0.621. The Morgan fingerprint density at radius 3 is 2.58 bits per heavy atom. The van der Waals surface area contributed by atoms with Crippen molar-refractivity contribution in [1.82, 2.24) is 4.98 Å². The summed E-state index contributed by atoms with van der Waals surface area (Å²) >= 11 is 6.39. The number of aromatic nitrogens is 1. The molecule has 0 amide bonds. The van der Waals surface area contributed by atoms with Crippen LogP contribution in [0.2, 0.25) is 0 Å².